The summed E-state index contributed by atoms with van der Waals surface area (Å²) >= 11 is 0. The molecule has 0 radical (unpaired) electrons. The number of piperidine rings is 1. The van der Waals surface area contributed by atoms with Crippen LogP contribution < -0.4 is 21.5 Å². The first-order valence-corrected chi connectivity index (χ1v) is 10.4. The number of anilines is 1. The lowest BCUT2D eigenvalue weighted by Gasteiger charge is -2.36. The van der Waals surface area contributed by atoms with E-state index in [1.165, 1.54) is 5.56 Å². The van der Waals surface area contributed by atoms with E-state index in [-0.39, 0.29) is 24.3 Å². The molecule has 0 aliphatic carbocycles. The van der Waals surface area contributed by atoms with Crippen LogP contribution in [0.1, 0.15) is 42.0 Å². The third kappa shape index (κ3) is 4.93. The predicted octanol–water partition coefficient (Wildman–Crippen LogP) is 2.85. The number of aromatic nitrogens is 1. The molecule has 7 heteroatoms. The van der Waals surface area contributed by atoms with Crippen LogP contribution in [0.3, 0.4) is 0 Å². The van der Waals surface area contributed by atoms with Crippen LogP contribution in [-0.4, -0.2) is 41.2 Å². The molecule has 0 saturated carbocycles. The number of nitrogens with one attached hydrogen (secondary N) is 4. The first-order valence-electron chi connectivity index (χ1n) is 10.4. The fourth-order valence-corrected chi connectivity index (χ4v) is 4.22. The van der Waals surface area contributed by atoms with E-state index in [0.29, 0.717) is 0 Å². The molecule has 1 aromatic heterocycles. The molecule has 2 fully saturated rings. The maximum atomic E-state index is 12.5. The average molecular weight is 395 g/mol. The fraction of sp³-hybridized carbons (Fsp3) is 0.455. The summed E-state index contributed by atoms with van der Waals surface area (Å²) in [4.78, 5) is 19.1. The second kappa shape index (κ2) is 8.90. The van der Waals surface area contributed by atoms with Crippen LogP contribution in [0, 0.1) is 13.8 Å². The van der Waals surface area contributed by atoms with E-state index in [9.17, 15) is 4.79 Å². The fourth-order valence-electron chi connectivity index (χ4n) is 4.22. The van der Waals surface area contributed by atoms with Gasteiger partial charge in [0.2, 0.25) is 0 Å². The Morgan fingerprint density at radius 2 is 2.00 bits per heavy atom. The van der Waals surface area contributed by atoms with E-state index in [2.05, 4.69) is 49.6 Å². The lowest BCUT2D eigenvalue weighted by Crippen LogP contribution is -2.54. The van der Waals surface area contributed by atoms with E-state index in [0.717, 1.165) is 49.2 Å². The minimum atomic E-state index is -0.127. The second-order valence-corrected chi connectivity index (χ2v) is 8.12. The van der Waals surface area contributed by atoms with Gasteiger partial charge in [0.1, 0.15) is 0 Å². The molecule has 3 unspecified atom stereocenters. The number of rotatable bonds is 4. The van der Waals surface area contributed by atoms with Crippen LogP contribution >= 0.6 is 0 Å². The SMILES string of the molecule is Cc1ccc(C)c(NC(=O)NC2CCCN(C3CC(c4ccncc4)NN3)C2)c1. The monoisotopic (exact) mass is 394 g/mol. The number of carbonyl (C=O) groups is 1. The summed E-state index contributed by atoms with van der Waals surface area (Å²) < 4.78 is 0. The van der Waals surface area contributed by atoms with E-state index < -0.39 is 0 Å². The lowest BCUT2D eigenvalue weighted by atomic mass is 10.0. The van der Waals surface area contributed by atoms with Gasteiger partial charge in [0, 0.05) is 36.7 Å². The van der Waals surface area contributed by atoms with Crippen molar-refractivity contribution in [3.8, 4) is 0 Å². The first kappa shape index (κ1) is 19.8. The first-order chi connectivity index (χ1) is 14.1. The Morgan fingerprint density at radius 3 is 2.83 bits per heavy atom. The minimum Gasteiger partial charge on any atom is -0.334 e. The van der Waals surface area contributed by atoms with Gasteiger partial charge < -0.3 is 10.6 Å². The number of benzene rings is 1. The quantitative estimate of drug-likeness (QED) is 0.641. The van der Waals surface area contributed by atoms with Crippen LogP contribution in [-0.2, 0) is 0 Å². The molecule has 1 aromatic carbocycles. The minimum absolute atomic E-state index is 0.127. The van der Waals surface area contributed by atoms with Crippen LogP contribution in [0.5, 0.6) is 0 Å². The summed E-state index contributed by atoms with van der Waals surface area (Å²) in [6.45, 7) is 5.93. The molecule has 4 N–H and O–H groups in total. The molecule has 29 heavy (non-hydrogen) atoms. The zero-order valence-corrected chi connectivity index (χ0v) is 17.1. The largest absolute Gasteiger partial charge is 0.334 e. The molecule has 2 aliphatic heterocycles. The maximum Gasteiger partial charge on any atom is 0.319 e. The molecule has 3 heterocycles. The Kier molecular flexibility index (Phi) is 6.08. The Bertz CT molecular complexity index is 842. The van der Waals surface area contributed by atoms with Gasteiger partial charge in [-0.3, -0.25) is 9.88 Å². The van der Waals surface area contributed by atoms with Gasteiger partial charge in [0.05, 0.1) is 6.17 Å². The molecular weight excluding hydrogens is 364 g/mol. The van der Waals surface area contributed by atoms with E-state index in [1.807, 2.05) is 38.4 Å². The van der Waals surface area contributed by atoms with Gasteiger partial charge >= 0.3 is 6.03 Å². The molecule has 2 aromatic rings. The molecule has 7 nitrogen and oxygen atoms in total. The molecule has 2 aliphatic rings. The van der Waals surface area contributed by atoms with Crippen molar-refractivity contribution >= 4 is 11.7 Å². The Labute approximate surface area is 172 Å². The highest BCUT2D eigenvalue weighted by Crippen LogP contribution is 2.25. The average Bonchev–Trinajstić information content (AvgIpc) is 3.22. The van der Waals surface area contributed by atoms with E-state index in [1.54, 1.807) is 0 Å². The number of hydrogen-bond acceptors (Lipinski definition) is 5. The van der Waals surface area contributed by atoms with E-state index in [4.69, 9.17) is 0 Å². The standard InChI is InChI=1S/C22H30N6O/c1-15-5-6-16(2)19(12-15)25-22(29)24-18-4-3-11-28(14-18)21-13-20(26-27-21)17-7-9-23-10-8-17/h5-10,12,18,20-21,26-27H,3-4,11,13-14H2,1-2H3,(H2,24,25,29). The molecular formula is C22H30N6O. The van der Waals surface area contributed by atoms with Crippen LogP contribution in [0.15, 0.2) is 42.7 Å². The number of aryl methyl sites for hydroxylation is 2. The van der Waals surface area contributed by atoms with Crippen molar-refractivity contribution in [1.29, 1.82) is 0 Å². The molecule has 0 bridgehead atoms. The van der Waals surface area contributed by atoms with Gasteiger partial charge in [-0.15, -0.1) is 0 Å². The summed E-state index contributed by atoms with van der Waals surface area (Å²) in [7, 11) is 0. The lowest BCUT2D eigenvalue weighted by molar-refractivity contribution is 0.125. The number of hydrogen-bond donors (Lipinski definition) is 4. The van der Waals surface area contributed by atoms with Gasteiger partial charge in [0.15, 0.2) is 0 Å². The Balaban J connectivity index is 1.30. The molecule has 4 rings (SSSR count). The topological polar surface area (TPSA) is 81.3 Å². The molecule has 154 valence electrons. The summed E-state index contributed by atoms with van der Waals surface area (Å²) in [5.74, 6) is 0. The molecule has 2 saturated heterocycles. The number of likely N-dealkylation sites (tertiary alicyclic amines) is 1. The van der Waals surface area contributed by atoms with Crippen LogP contribution in [0.4, 0.5) is 10.5 Å². The number of carbonyl (C=O) groups excluding carboxylic acids is 1. The number of hydrazine groups is 1. The van der Waals surface area contributed by atoms with Crippen molar-refractivity contribution in [2.24, 2.45) is 0 Å². The number of amides is 2. The van der Waals surface area contributed by atoms with Crippen molar-refractivity contribution in [3.63, 3.8) is 0 Å². The molecule has 3 atom stereocenters. The normalized spacial score (nSPS) is 25.0. The third-order valence-electron chi connectivity index (χ3n) is 5.86. The zero-order valence-electron chi connectivity index (χ0n) is 17.1. The number of pyridine rings is 1. The highest BCUT2D eigenvalue weighted by atomic mass is 16.2. The summed E-state index contributed by atoms with van der Waals surface area (Å²) in [6.07, 6.45) is 7.00. The van der Waals surface area contributed by atoms with Gasteiger partial charge in [-0.25, -0.2) is 15.6 Å². The zero-order chi connectivity index (χ0) is 20.2. The van der Waals surface area contributed by atoms with Crippen LogP contribution in [0.2, 0.25) is 0 Å². The smallest absolute Gasteiger partial charge is 0.319 e. The summed E-state index contributed by atoms with van der Waals surface area (Å²) in [5, 5.41) is 6.17. The van der Waals surface area contributed by atoms with E-state index >= 15 is 0 Å². The number of urea groups is 1. The Morgan fingerprint density at radius 1 is 1.17 bits per heavy atom. The summed E-state index contributed by atoms with van der Waals surface area (Å²) in [6, 6.07) is 10.5. The highest BCUT2D eigenvalue weighted by molar-refractivity contribution is 5.90. The van der Waals surface area contributed by atoms with Crippen molar-refractivity contribution in [1.82, 2.24) is 26.1 Å². The maximum absolute atomic E-state index is 12.5. The van der Waals surface area contributed by atoms with Crippen molar-refractivity contribution in [2.45, 2.75) is 51.4 Å². The van der Waals surface area contributed by atoms with Gasteiger partial charge in [-0.05, 0) is 74.5 Å². The summed E-state index contributed by atoms with van der Waals surface area (Å²) in [5.41, 5.74) is 11.2. The second-order valence-electron chi connectivity index (χ2n) is 8.12. The molecule has 2 amide bonds. The van der Waals surface area contributed by atoms with Gasteiger partial charge in [-0.1, -0.05) is 12.1 Å². The predicted molar refractivity (Wildman–Crippen MR) is 114 cm³/mol. The number of nitrogens with zero attached hydrogens (tertiary/aromatic N) is 2. The highest BCUT2D eigenvalue weighted by Gasteiger charge is 2.32. The van der Waals surface area contributed by atoms with Gasteiger partial charge in [0.25, 0.3) is 0 Å². The molecule has 0 spiro atoms. The Hall–Kier alpha value is -2.48. The van der Waals surface area contributed by atoms with Crippen molar-refractivity contribution in [3.05, 3.63) is 59.4 Å². The van der Waals surface area contributed by atoms with Gasteiger partial charge in [-0.2, -0.15) is 0 Å². The third-order valence-corrected chi connectivity index (χ3v) is 5.86. The van der Waals surface area contributed by atoms with Crippen LogP contribution in [0.25, 0.3) is 0 Å². The van der Waals surface area contributed by atoms with Crippen molar-refractivity contribution in [2.75, 3.05) is 18.4 Å². The van der Waals surface area contributed by atoms with Crippen molar-refractivity contribution < 1.29 is 4.79 Å².